The van der Waals surface area contributed by atoms with Crippen LogP contribution in [-0.4, -0.2) is 36.5 Å². The molecule has 0 bridgehead atoms. The molecule has 0 saturated carbocycles. The minimum Gasteiger partial charge on any atom is -0.497 e. The third-order valence-electron chi connectivity index (χ3n) is 6.86. The molecule has 3 heterocycles. The van der Waals surface area contributed by atoms with E-state index in [9.17, 15) is 9.59 Å². The zero-order chi connectivity index (χ0) is 21.8. The molecule has 3 aliphatic rings. The van der Waals surface area contributed by atoms with E-state index in [1.807, 2.05) is 42.5 Å². The molecule has 160 valence electrons. The summed E-state index contributed by atoms with van der Waals surface area (Å²) in [5.41, 5.74) is 3.91. The summed E-state index contributed by atoms with van der Waals surface area (Å²) >= 11 is 0. The quantitative estimate of drug-likeness (QED) is 0.601. The van der Waals surface area contributed by atoms with Crippen molar-refractivity contribution in [3.05, 3.63) is 90.0 Å². The Labute approximate surface area is 186 Å². The number of hydrazine groups is 1. The number of carbonyl (C=O) groups is 2. The maximum absolute atomic E-state index is 13.8. The Morgan fingerprint density at radius 3 is 2.25 bits per heavy atom. The molecule has 2 saturated heterocycles. The van der Waals surface area contributed by atoms with Gasteiger partial charge in [-0.05, 0) is 53.9 Å². The predicted molar refractivity (Wildman–Crippen MR) is 121 cm³/mol. The molecule has 6 nitrogen and oxygen atoms in total. The monoisotopic (exact) mass is 425 g/mol. The topological polar surface area (TPSA) is 53.1 Å². The van der Waals surface area contributed by atoms with Gasteiger partial charge in [-0.2, -0.15) is 0 Å². The third kappa shape index (κ3) is 2.63. The number of methoxy groups -OCH3 is 1. The molecule has 3 aromatic carbocycles. The van der Waals surface area contributed by atoms with Gasteiger partial charge in [-0.15, -0.1) is 0 Å². The summed E-state index contributed by atoms with van der Waals surface area (Å²) in [7, 11) is 1.60. The molecule has 0 spiro atoms. The summed E-state index contributed by atoms with van der Waals surface area (Å²) < 4.78 is 5.24. The van der Waals surface area contributed by atoms with Gasteiger partial charge >= 0.3 is 0 Å². The number of rotatable bonds is 3. The van der Waals surface area contributed by atoms with Gasteiger partial charge in [0, 0.05) is 6.54 Å². The van der Waals surface area contributed by atoms with Crippen LogP contribution < -0.4 is 14.6 Å². The average molecular weight is 425 g/mol. The maximum Gasteiger partial charge on any atom is 0.258 e. The van der Waals surface area contributed by atoms with E-state index in [-0.39, 0.29) is 17.9 Å². The number of fused-ring (bicyclic) bond motifs is 5. The normalized spacial score (nSPS) is 24.3. The second-order valence-electron chi connectivity index (χ2n) is 8.42. The fourth-order valence-electron chi connectivity index (χ4n) is 5.48. The van der Waals surface area contributed by atoms with Crippen molar-refractivity contribution in [2.75, 3.05) is 23.6 Å². The SMILES string of the molecule is COc1ccc(N2C(=O)[C@H]3[C@@H]4c5ccccc5CCN4N(c4ccccc4)[C@H]3C2=O)cc1. The molecule has 2 fully saturated rings. The van der Waals surface area contributed by atoms with Gasteiger partial charge in [0.05, 0.1) is 30.4 Å². The van der Waals surface area contributed by atoms with Crippen molar-refractivity contribution in [3.63, 3.8) is 0 Å². The maximum atomic E-state index is 13.8. The van der Waals surface area contributed by atoms with Crippen molar-refractivity contribution >= 4 is 23.2 Å². The van der Waals surface area contributed by atoms with E-state index in [0.29, 0.717) is 11.4 Å². The number of carbonyl (C=O) groups excluding carboxylic acids is 2. The summed E-state index contributed by atoms with van der Waals surface area (Å²) in [6.45, 7) is 0.771. The Morgan fingerprint density at radius 1 is 0.781 bits per heavy atom. The van der Waals surface area contributed by atoms with Gasteiger partial charge in [-0.1, -0.05) is 42.5 Å². The minimum absolute atomic E-state index is 0.143. The molecule has 3 aliphatic heterocycles. The first-order valence-electron chi connectivity index (χ1n) is 10.9. The molecule has 6 rings (SSSR count). The van der Waals surface area contributed by atoms with Gasteiger partial charge in [0.15, 0.2) is 0 Å². The molecule has 0 unspecified atom stereocenters. The highest BCUT2D eigenvalue weighted by atomic mass is 16.5. The van der Waals surface area contributed by atoms with Crippen LogP contribution in [0.25, 0.3) is 0 Å². The van der Waals surface area contributed by atoms with Crippen LogP contribution in [0, 0.1) is 5.92 Å². The van der Waals surface area contributed by atoms with Gasteiger partial charge in [-0.25, -0.2) is 9.91 Å². The fraction of sp³-hybridized carbons (Fsp3) is 0.231. The van der Waals surface area contributed by atoms with Gasteiger partial charge in [0.25, 0.3) is 5.91 Å². The molecular formula is C26H23N3O3. The Morgan fingerprint density at radius 2 is 1.50 bits per heavy atom. The van der Waals surface area contributed by atoms with Crippen molar-refractivity contribution in [3.8, 4) is 5.75 Å². The summed E-state index contributed by atoms with van der Waals surface area (Å²) in [5, 5.41) is 4.29. The number of anilines is 2. The van der Waals surface area contributed by atoms with Crippen LogP contribution in [0.5, 0.6) is 5.75 Å². The second kappa shape index (κ2) is 7.21. The standard InChI is InChI=1S/C26H23N3O3/c1-32-20-13-11-18(12-14-20)28-25(30)22-23-21-10-6-5-7-17(21)15-16-27(23)29(24(22)26(28)31)19-8-3-2-4-9-19/h2-14,22-24H,15-16H2,1H3/t22-,23-,24+/m0/s1. The lowest BCUT2D eigenvalue weighted by Gasteiger charge is -2.40. The zero-order valence-electron chi connectivity index (χ0n) is 17.7. The largest absolute Gasteiger partial charge is 0.497 e. The Kier molecular flexibility index (Phi) is 4.30. The van der Waals surface area contributed by atoms with Gasteiger partial charge < -0.3 is 4.74 Å². The van der Waals surface area contributed by atoms with Gasteiger partial charge in [-0.3, -0.25) is 14.6 Å². The third-order valence-corrected chi connectivity index (χ3v) is 6.86. The van der Waals surface area contributed by atoms with E-state index >= 15 is 0 Å². The molecule has 6 heteroatoms. The number of imide groups is 1. The fourth-order valence-corrected chi connectivity index (χ4v) is 5.48. The molecular weight excluding hydrogens is 402 g/mol. The minimum atomic E-state index is -0.567. The van der Waals surface area contributed by atoms with Crippen LogP contribution in [-0.2, 0) is 16.0 Å². The predicted octanol–water partition coefficient (Wildman–Crippen LogP) is 3.59. The zero-order valence-corrected chi connectivity index (χ0v) is 17.7. The number of benzene rings is 3. The summed E-state index contributed by atoms with van der Waals surface area (Å²) in [5.74, 6) is -0.103. The first kappa shape index (κ1) is 19.1. The van der Waals surface area contributed by atoms with Crippen LogP contribution >= 0.6 is 0 Å². The lowest BCUT2D eigenvalue weighted by molar-refractivity contribution is -0.123. The van der Waals surface area contributed by atoms with Gasteiger partial charge in [0.2, 0.25) is 5.91 Å². The summed E-state index contributed by atoms with van der Waals surface area (Å²) in [6, 6.07) is 24.6. The van der Waals surface area contributed by atoms with E-state index < -0.39 is 12.0 Å². The van der Waals surface area contributed by atoms with Crippen molar-refractivity contribution in [2.45, 2.75) is 18.5 Å². The highest BCUT2D eigenvalue weighted by Crippen LogP contribution is 2.51. The molecule has 3 atom stereocenters. The summed E-state index contributed by atoms with van der Waals surface area (Å²) in [4.78, 5) is 29.0. The number of hydrogen-bond acceptors (Lipinski definition) is 5. The molecule has 0 N–H and O–H groups in total. The van der Waals surface area contributed by atoms with Gasteiger partial charge in [0.1, 0.15) is 11.8 Å². The van der Waals surface area contributed by atoms with Crippen LogP contribution in [0.15, 0.2) is 78.9 Å². The molecule has 0 radical (unpaired) electrons. The highest BCUT2D eigenvalue weighted by molar-refractivity contribution is 6.25. The Balaban J connectivity index is 1.49. The second-order valence-corrected chi connectivity index (χ2v) is 8.42. The van der Waals surface area contributed by atoms with E-state index in [1.54, 1.807) is 31.4 Å². The van der Waals surface area contributed by atoms with Crippen molar-refractivity contribution < 1.29 is 14.3 Å². The van der Waals surface area contributed by atoms with E-state index in [0.717, 1.165) is 24.2 Å². The van der Waals surface area contributed by atoms with E-state index in [4.69, 9.17) is 4.74 Å². The van der Waals surface area contributed by atoms with Crippen molar-refractivity contribution in [1.82, 2.24) is 5.01 Å². The molecule has 3 aromatic rings. The highest BCUT2D eigenvalue weighted by Gasteiger charge is 2.63. The number of ether oxygens (including phenoxy) is 1. The van der Waals surface area contributed by atoms with E-state index in [2.05, 4.69) is 22.2 Å². The van der Waals surface area contributed by atoms with Crippen molar-refractivity contribution in [1.29, 1.82) is 0 Å². The molecule has 0 aliphatic carbocycles. The van der Waals surface area contributed by atoms with Crippen LogP contribution in [0.3, 0.4) is 0 Å². The summed E-state index contributed by atoms with van der Waals surface area (Å²) in [6.07, 6.45) is 0.889. The van der Waals surface area contributed by atoms with E-state index in [1.165, 1.54) is 10.5 Å². The molecule has 2 amide bonds. The van der Waals surface area contributed by atoms with Crippen LogP contribution in [0.2, 0.25) is 0 Å². The lowest BCUT2D eigenvalue weighted by Crippen LogP contribution is -2.49. The Bertz CT molecular complexity index is 1190. The Hall–Kier alpha value is -3.64. The molecule has 32 heavy (non-hydrogen) atoms. The lowest BCUT2D eigenvalue weighted by atomic mass is 9.85. The average Bonchev–Trinajstić information content (AvgIpc) is 3.32. The number of hydrogen-bond donors (Lipinski definition) is 0. The van der Waals surface area contributed by atoms with Crippen LogP contribution in [0.4, 0.5) is 11.4 Å². The van der Waals surface area contributed by atoms with Crippen molar-refractivity contribution in [2.24, 2.45) is 5.92 Å². The first-order chi connectivity index (χ1) is 15.7. The number of amides is 2. The molecule has 0 aromatic heterocycles. The van der Waals surface area contributed by atoms with Crippen LogP contribution in [0.1, 0.15) is 17.2 Å². The number of nitrogens with zero attached hydrogens (tertiary/aromatic N) is 3. The number of para-hydroxylation sites is 1. The smallest absolute Gasteiger partial charge is 0.258 e. The first-order valence-corrected chi connectivity index (χ1v) is 10.9.